The number of rotatable bonds is 2. The van der Waals surface area contributed by atoms with Gasteiger partial charge < -0.3 is 39.4 Å². The van der Waals surface area contributed by atoms with Crippen molar-refractivity contribution in [2.75, 3.05) is 13.2 Å². The molecule has 228 valence electrons. The quantitative estimate of drug-likeness (QED) is 0.378. The molecule has 4 aliphatic carbocycles. The Balaban J connectivity index is 1.09. The summed E-state index contributed by atoms with van der Waals surface area (Å²) in [6, 6.07) is 0. The number of aliphatic hydroxyl groups is 4. The van der Waals surface area contributed by atoms with Gasteiger partial charge in [0.25, 0.3) is 0 Å². The second-order valence-corrected chi connectivity index (χ2v) is 15.6. The Morgan fingerprint density at radius 1 is 0.800 bits per heavy atom. The van der Waals surface area contributed by atoms with Crippen molar-refractivity contribution >= 4 is 0 Å². The van der Waals surface area contributed by atoms with Crippen LogP contribution in [0.3, 0.4) is 0 Å². The van der Waals surface area contributed by atoms with Gasteiger partial charge in [-0.3, -0.25) is 0 Å². The molecule has 0 aromatic rings. The molecule has 3 saturated heterocycles. The lowest BCUT2D eigenvalue weighted by Crippen LogP contribution is -2.59. The average Bonchev–Trinajstić information content (AvgIpc) is 3.36. The Morgan fingerprint density at radius 2 is 1.60 bits per heavy atom. The van der Waals surface area contributed by atoms with E-state index in [9.17, 15) is 20.4 Å². The number of aliphatic hydroxyl groups excluding tert-OH is 4. The van der Waals surface area contributed by atoms with Crippen LogP contribution in [0.15, 0.2) is 0 Å². The molecule has 8 heteroatoms. The van der Waals surface area contributed by atoms with Gasteiger partial charge in [0.05, 0.1) is 31.5 Å². The van der Waals surface area contributed by atoms with Crippen molar-refractivity contribution in [3.63, 3.8) is 0 Å². The van der Waals surface area contributed by atoms with Crippen molar-refractivity contribution in [3.8, 4) is 0 Å². The van der Waals surface area contributed by atoms with E-state index in [4.69, 9.17) is 18.9 Å². The molecule has 3 heterocycles. The molecule has 17 atom stereocenters. The van der Waals surface area contributed by atoms with Gasteiger partial charge in [0.15, 0.2) is 12.1 Å². The van der Waals surface area contributed by atoms with Crippen LogP contribution in [-0.2, 0) is 18.9 Å². The lowest BCUT2D eigenvalue weighted by molar-refractivity contribution is -0.301. The Labute approximate surface area is 239 Å². The molecule has 0 unspecified atom stereocenters. The zero-order chi connectivity index (χ0) is 28.2. The molecule has 4 N–H and O–H groups in total. The highest BCUT2D eigenvalue weighted by atomic mass is 16.7. The van der Waals surface area contributed by atoms with E-state index in [1.165, 1.54) is 25.7 Å². The summed E-state index contributed by atoms with van der Waals surface area (Å²) in [6.07, 6.45) is 3.91. The lowest BCUT2D eigenvalue weighted by Gasteiger charge is -2.62. The fraction of sp³-hybridized carbons (Fsp3) is 1.00. The zero-order valence-corrected chi connectivity index (χ0v) is 24.8. The Hall–Kier alpha value is -0.320. The zero-order valence-electron chi connectivity index (χ0n) is 24.8. The SMILES string of the molecule is C[C@@H]1CC[C@@]2(OC1)O[C@@H]1C[C@@H]3[C@H]4CC[C@@H]5C[C@H](O)[C@@H](O[C@@H]6OC[C@H](O)[C@H](O)[C@H]6O)C[C@]5(C)[C@@H]4CC[C@]3(C)[C@@H]1[C@@H]2C. The summed E-state index contributed by atoms with van der Waals surface area (Å²) in [6.45, 7) is 10.4. The van der Waals surface area contributed by atoms with Crippen molar-refractivity contribution in [1.82, 2.24) is 0 Å². The van der Waals surface area contributed by atoms with Crippen LogP contribution in [0, 0.1) is 52.3 Å². The third kappa shape index (κ3) is 4.06. The molecule has 7 fully saturated rings. The first-order valence-electron chi connectivity index (χ1n) is 16.3. The fourth-order valence-corrected chi connectivity index (χ4v) is 11.5. The van der Waals surface area contributed by atoms with Crippen LogP contribution in [0.4, 0.5) is 0 Å². The van der Waals surface area contributed by atoms with E-state index in [-0.39, 0.29) is 23.2 Å². The van der Waals surface area contributed by atoms with E-state index in [0.717, 1.165) is 32.3 Å². The van der Waals surface area contributed by atoms with Crippen LogP contribution >= 0.6 is 0 Å². The van der Waals surface area contributed by atoms with Crippen molar-refractivity contribution in [1.29, 1.82) is 0 Å². The summed E-state index contributed by atoms with van der Waals surface area (Å²) in [5.41, 5.74) is 0.311. The molecule has 3 aliphatic heterocycles. The van der Waals surface area contributed by atoms with Gasteiger partial charge >= 0.3 is 0 Å². The summed E-state index contributed by atoms with van der Waals surface area (Å²) in [5, 5.41) is 41.6. The molecule has 7 aliphatic rings. The van der Waals surface area contributed by atoms with Gasteiger partial charge in [-0.1, -0.05) is 27.7 Å². The van der Waals surface area contributed by atoms with Crippen LogP contribution in [0.25, 0.3) is 0 Å². The molecule has 0 aromatic heterocycles. The van der Waals surface area contributed by atoms with Crippen molar-refractivity contribution in [2.45, 2.75) is 134 Å². The smallest absolute Gasteiger partial charge is 0.186 e. The molecule has 1 spiro atoms. The van der Waals surface area contributed by atoms with E-state index >= 15 is 0 Å². The topological polar surface area (TPSA) is 118 Å². The first-order chi connectivity index (χ1) is 19.0. The predicted molar refractivity (Wildman–Crippen MR) is 146 cm³/mol. The second-order valence-electron chi connectivity index (χ2n) is 15.6. The summed E-state index contributed by atoms with van der Waals surface area (Å²) in [5.74, 6) is 3.52. The van der Waals surface area contributed by atoms with Gasteiger partial charge in [0.1, 0.15) is 18.3 Å². The molecule has 8 nitrogen and oxygen atoms in total. The third-order valence-electron chi connectivity index (χ3n) is 13.7. The minimum atomic E-state index is -1.34. The van der Waals surface area contributed by atoms with Crippen molar-refractivity contribution in [3.05, 3.63) is 0 Å². The van der Waals surface area contributed by atoms with E-state index in [2.05, 4.69) is 27.7 Å². The number of hydrogen-bond donors (Lipinski definition) is 4. The number of ether oxygens (including phenoxy) is 4. The molecular weight excluding hydrogens is 512 g/mol. The average molecular weight is 565 g/mol. The first kappa shape index (κ1) is 28.5. The van der Waals surface area contributed by atoms with Crippen LogP contribution < -0.4 is 0 Å². The standard InChI is InChI=1S/C32H52O8/c1-16-7-10-32(38-14-16)17(2)26-24(40-32)12-21-19-6-5-18-11-22(33)25(39-29-28(36)27(35)23(34)15-37-29)13-31(18,4)20(19)8-9-30(21,26)3/h16-29,33-36H,5-15H2,1-4H3/t16-,17+,18-,19+,20-,21-,22+,23+,24-,25+,26-,27+,28-,29+,30+,31+,32-/m1/s1. The highest BCUT2D eigenvalue weighted by Crippen LogP contribution is 2.71. The van der Waals surface area contributed by atoms with Crippen LogP contribution in [0.5, 0.6) is 0 Å². The maximum absolute atomic E-state index is 11.1. The predicted octanol–water partition coefficient (Wildman–Crippen LogP) is 3.23. The molecule has 40 heavy (non-hydrogen) atoms. The minimum absolute atomic E-state index is 0.0416. The molecule has 7 rings (SSSR count). The Bertz CT molecular complexity index is 953. The summed E-state index contributed by atoms with van der Waals surface area (Å²) >= 11 is 0. The van der Waals surface area contributed by atoms with E-state index in [1.807, 2.05) is 0 Å². The maximum atomic E-state index is 11.1. The maximum Gasteiger partial charge on any atom is 0.186 e. The molecule has 0 amide bonds. The summed E-state index contributed by atoms with van der Waals surface area (Å²) in [4.78, 5) is 0. The van der Waals surface area contributed by atoms with E-state index in [0.29, 0.717) is 54.0 Å². The van der Waals surface area contributed by atoms with Crippen molar-refractivity contribution in [2.24, 2.45) is 52.3 Å². The van der Waals surface area contributed by atoms with Gasteiger partial charge in [-0.15, -0.1) is 0 Å². The van der Waals surface area contributed by atoms with Crippen molar-refractivity contribution < 1.29 is 39.4 Å². The Morgan fingerprint density at radius 3 is 2.35 bits per heavy atom. The summed E-state index contributed by atoms with van der Waals surface area (Å²) < 4.78 is 25.2. The lowest BCUT2D eigenvalue weighted by atomic mass is 9.44. The molecule has 0 bridgehead atoms. The van der Waals surface area contributed by atoms with Gasteiger partial charge in [-0.05, 0) is 97.7 Å². The minimum Gasteiger partial charge on any atom is -0.390 e. The molecule has 4 saturated carbocycles. The fourth-order valence-electron chi connectivity index (χ4n) is 11.5. The van der Waals surface area contributed by atoms with Gasteiger partial charge in [0, 0.05) is 12.3 Å². The highest BCUT2D eigenvalue weighted by molar-refractivity contribution is 5.16. The monoisotopic (exact) mass is 564 g/mol. The highest BCUT2D eigenvalue weighted by Gasteiger charge is 2.69. The normalized spacial score (nSPS) is 61.5. The van der Waals surface area contributed by atoms with Gasteiger partial charge in [-0.25, -0.2) is 0 Å². The first-order valence-corrected chi connectivity index (χ1v) is 16.3. The largest absolute Gasteiger partial charge is 0.390 e. The number of hydrogen-bond acceptors (Lipinski definition) is 8. The molecular formula is C32H52O8. The Kier molecular flexibility index (Phi) is 7.00. The van der Waals surface area contributed by atoms with Gasteiger partial charge in [-0.2, -0.15) is 0 Å². The molecule has 0 radical (unpaired) electrons. The van der Waals surface area contributed by atoms with E-state index < -0.39 is 36.8 Å². The van der Waals surface area contributed by atoms with Gasteiger partial charge in [0.2, 0.25) is 0 Å². The molecule has 0 aromatic carbocycles. The third-order valence-corrected chi connectivity index (χ3v) is 13.7. The number of fused-ring (bicyclic) bond motifs is 7. The van der Waals surface area contributed by atoms with Crippen LogP contribution in [0.2, 0.25) is 0 Å². The second kappa shape index (κ2) is 9.85. The van der Waals surface area contributed by atoms with E-state index in [1.54, 1.807) is 0 Å². The van der Waals surface area contributed by atoms with Crippen LogP contribution in [-0.4, -0.2) is 82.3 Å². The summed E-state index contributed by atoms with van der Waals surface area (Å²) in [7, 11) is 0. The van der Waals surface area contributed by atoms with Crippen LogP contribution in [0.1, 0.15) is 85.5 Å².